The molecule has 5 nitrogen and oxygen atoms in total. The Bertz CT molecular complexity index is 1450. The molecule has 0 bridgehead atoms. The summed E-state index contributed by atoms with van der Waals surface area (Å²) >= 11 is 0. The molecule has 0 saturated carbocycles. The summed E-state index contributed by atoms with van der Waals surface area (Å²) in [6, 6.07) is 19.4. The molecule has 36 heavy (non-hydrogen) atoms. The normalized spacial score (nSPS) is 11.9. The second kappa shape index (κ2) is 9.53. The van der Waals surface area contributed by atoms with Crippen LogP contribution in [0.3, 0.4) is 0 Å². The fourth-order valence-corrected chi connectivity index (χ4v) is 3.56. The predicted molar refractivity (Wildman–Crippen MR) is 129 cm³/mol. The van der Waals surface area contributed by atoms with E-state index in [0.717, 1.165) is 17.2 Å². The van der Waals surface area contributed by atoms with E-state index in [1.807, 2.05) is 51.1 Å². The molecule has 1 aromatic heterocycles. The number of fused-ring (bicyclic) bond motifs is 1. The van der Waals surface area contributed by atoms with E-state index in [0.29, 0.717) is 0 Å². The molecule has 0 fully saturated rings. The van der Waals surface area contributed by atoms with Gasteiger partial charge in [-0.2, -0.15) is 13.2 Å². The number of hydrogen-bond acceptors (Lipinski definition) is 5. The molecule has 1 heterocycles. The number of carbonyl (C=O) groups is 1. The Hall–Kier alpha value is -4.07. The van der Waals surface area contributed by atoms with Gasteiger partial charge in [0.2, 0.25) is 11.2 Å². The first kappa shape index (κ1) is 25.0. The summed E-state index contributed by atoms with van der Waals surface area (Å²) in [7, 11) is 0. The van der Waals surface area contributed by atoms with Crippen molar-refractivity contribution in [2.75, 3.05) is 0 Å². The van der Waals surface area contributed by atoms with E-state index in [4.69, 9.17) is 13.9 Å². The maximum atomic E-state index is 13.8. The summed E-state index contributed by atoms with van der Waals surface area (Å²) in [5, 5.41) is -0.144. The molecule has 186 valence electrons. The van der Waals surface area contributed by atoms with Crippen LogP contribution in [0.1, 0.15) is 33.0 Å². The highest BCUT2D eigenvalue weighted by Crippen LogP contribution is 2.39. The summed E-state index contributed by atoms with van der Waals surface area (Å²) in [6.07, 6.45) is -4.91. The molecule has 4 rings (SSSR count). The second-order valence-corrected chi connectivity index (χ2v) is 9.45. The van der Waals surface area contributed by atoms with E-state index in [1.54, 1.807) is 12.1 Å². The van der Waals surface area contributed by atoms with E-state index in [1.165, 1.54) is 24.3 Å². The molecule has 0 aliphatic carbocycles. The summed E-state index contributed by atoms with van der Waals surface area (Å²) in [6.45, 7) is 5.54. The molecule has 8 heteroatoms. The van der Waals surface area contributed by atoms with Crippen molar-refractivity contribution in [2.24, 2.45) is 5.41 Å². The van der Waals surface area contributed by atoms with Gasteiger partial charge in [0.15, 0.2) is 0 Å². The maximum absolute atomic E-state index is 13.8. The topological polar surface area (TPSA) is 65.7 Å². The zero-order valence-electron chi connectivity index (χ0n) is 19.8. The van der Waals surface area contributed by atoms with E-state index >= 15 is 0 Å². The summed E-state index contributed by atoms with van der Waals surface area (Å²) in [5.74, 6) is -3.10. The molecule has 0 saturated heterocycles. The molecule has 3 aromatic carbocycles. The number of ether oxygens (including phenoxy) is 2. The molecular weight excluding hydrogens is 473 g/mol. The van der Waals surface area contributed by atoms with Crippen molar-refractivity contribution in [2.45, 2.75) is 33.4 Å². The second-order valence-electron chi connectivity index (χ2n) is 9.45. The number of carbonyl (C=O) groups excluding carboxylic acids is 1. The molecule has 0 amide bonds. The minimum atomic E-state index is -5.01. The van der Waals surface area contributed by atoms with Gasteiger partial charge in [-0.3, -0.25) is 9.59 Å². The molecule has 0 atom stereocenters. The van der Waals surface area contributed by atoms with Crippen LogP contribution < -0.4 is 14.9 Å². The number of esters is 1. The first-order valence-electron chi connectivity index (χ1n) is 11.1. The predicted octanol–water partition coefficient (Wildman–Crippen LogP) is 7.61. The molecule has 0 unspecified atom stereocenters. The van der Waals surface area contributed by atoms with Gasteiger partial charge in [0.25, 0.3) is 5.76 Å². The third-order valence-electron chi connectivity index (χ3n) is 5.17. The quantitative estimate of drug-likeness (QED) is 0.210. The molecule has 4 aromatic rings. The van der Waals surface area contributed by atoms with E-state index in [9.17, 15) is 22.8 Å². The number of hydrogen-bond donors (Lipinski definition) is 0. The minimum Gasteiger partial charge on any atom is -0.449 e. The van der Waals surface area contributed by atoms with Crippen molar-refractivity contribution < 1.29 is 31.9 Å². The molecule has 0 radical (unpaired) electrons. The fourth-order valence-electron chi connectivity index (χ4n) is 3.56. The van der Waals surface area contributed by atoms with E-state index in [-0.39, 0.29) is 34.3 Å². The van der Waals surface area contributed by atoms with Crippen molar-refractivity contribution in [3.05, 3.63) is 88.8 Å². The van der Waals surface area contributed by atoms with Crippen molar-refractivity contribution in [1.29, 1.82) is 0 Å². The van der Waals surface area contributed by atoms with Crippen LogP contribution >= 0.6 is 0 Å². The van der Waals surface area contributed by atoms with E-state index in [2.05, 4.69) is 0 Å². The van der Waals surface area contributed by atoms with Gasteiger partial charge in [-0.05, 0) is 40.8 Å². The van der Waals surface area contributed by atoms with Crippen LogP contribution in [-0.2, 0) is 11.0 Å². The zero-order valence-corrected chi connectivity index (χ0v) is 19.8. The van der Waals surface area contributed by atoms with Crippen molar-refractivity contribution in [3.63, 3.8) is 0 Å². The van der Waals surface area contributed by atoms with Crippen LogP contribution in [0.4, 0.5) is 13.2 Å². The lowest BCUT2D eigenvalue weighted by Gasteiger charge is -2.17. The molecular formula is C28H23F3O5. The first-order valence-corrected chi connectivity index (χ1v) is 11.1. The van der Waals surface area contributed by atoms with Crippen LogP contribution in [0.15, 0.2) is 82.0 Å². The SMILES string of the molecule is CC(C)(C)CC(=O)Oc1ccc2c(=O)c(Oc3ccc(-c4ccccc4)cc3)c(C(F)(F)F)oc2c1. The first-order chi connectivity index (χ1) is 16.9. The Kier molecular flexibility index (Phi) is 6.63. The Balaban J connectivity index is 1.69. The lowest BCUT2D eigenvalue weighted by Crippen LogP contribution is -2.18. The van der Waals surface area contributed by atoms with E-state index < -0.39 is 29.1 Å². The number of halogens is 3. The maximum Gasteiger partial charge on any atom is 0.453 e. The van der Waals surface area contributed by atoms with Gasteiger partial charge in [-0.1, -0.05) is 63.2 Å². The fraction of sp³-hybridized carbons (Fsp3) is 0.214. The monoisotopic (exact) mass is 496 g/mol. The molecule has 0 spiro atoms. The van der Waals surface area contributed by atoms with Crippen LogP contribution in [0.2, 0.25) is 0 Å². The lowest BCUT2D eigenvalue weighted by atomic mass is 9.92. The number of benzene rings is 3. The Labute approximate surface area is 205 Å². The highest BCUT2D eigenvalue weighted by Gasteiger charge is 2.40. The smallest absolute Gasteiger partial charge is 0.449 e. The molecule has 0 N–H and O–H groups in total. The van der Waals surface area contributed by atoms with Gasteiger partial charge in [-0.15, -0.1) is 0 Å². The van der Waals surface area contributed by atoms with Gasteiger partial charge >= 0.3 is 12.1 Å². The Morgan fingerprint density at radius 2 is 1.47 bits per heavy atom. The van der Waals surface area contributed by atoms with Crippen LogP contribution in [0.25, 0.3) is 22.1 Å². The highest BCUT2D eigenvalue weighted by atomic mass is 19.4. The van der Waals surface area contributed by atoms with Gasteiger partial charge in [0.05, 0.1) is 11.8 Å². The highest BCUT2D eigenvalue weighted by molar-refractivity contribution is 5.81. The molecule has 0 aliphatic rings. The zero-order chi connectivity index (χ0) is 26.1. The minimum absolute atomic E-state index is 0.0295. The summed E-state index contributed by atoms with van der Waals surface area (Å²) < 4.78 is 57.2. The van der Waals surface area contributed by atoms with Gasteiger partial charge in [0, 0.05) is 6.07 Å². The largest absolute Gasteiger partial charge is 0.453 e. The third kappa shape index (κ3) is 5.76. The van der Waals surface area contributed by atoms with Crippen molar-refractivity contribution in [3.8, 4) is 28.4 Å². The van der Waals surface area contributed by atoms with Gasteiger partial charge in [-0.25, -0.2) is 0 Å². The summed E-state index contributed by atoms with van der Waals surface area (Å²) in [5.41, 5.74) is 0.0425. The summed E-state index contributed by atoms with van der Waals surface area (Å²) in [4.78, 5) is 25.1. The average molecular weight is 496 g/mol. The Morgan fingerprint density at radius 3 is 2.08 bits per heavy atom. The standard InChI is InChI=1S/C28H23F3O5/c1-27(2,3)16-23(32)34-20-13-14-21-22(15-20)36-26(28(29,30)31)25(24(21)33)35-19-11-9-18(10-12-19)17-7-5-4-6-8-17/h4-15H,16H2,1-3H3. The Morgan fingerprint density at radius 1 is 0.861 bits per heavy atom. The van der Waals surface area contributed by atoms with Crippen LogP contribution in [-0.4, -0.2) is 5.97 Å². The average Bonchev–Trinajstić information content (AvgIpc) is 2.80. The van der Waals surface area contributed by atoms with Gasteiger partial charge < -0.3 is 13.9 Å². The van der Waals surface area contributed by atoms with Crippen molar-refractivity contribution >= 4 is 16.9 Å². The van der Waals surface area contributed by atoms with Crippen molar-refractivity contribution in [1.82, 2.24) is 0 Å². The lowest BCUT2D eigenvalue weighted by molar-refractivity contribution is -0.154. The number of alkyl halides is 3. The number of rotatable bonds is 5. The molecule has 0 aliphatic heterocycles. The van der Waals surface area contributed by atoms with Crippen LogP contribution in [0, 0.1) is 5.41 Å². The third-order valence-corrected chi connectivity index (χ3v) is 5.17. The van der Waals surface area contributed by atoms with Gasteiger partial charge in [0.1, 0.15) is 17.1 Å². The van der Waals surface area contributed by atoms with Crippen LogP contribution in [0.5, 0.6) is 17.2 Å².